The van der Waals surface area contributed by atoms with E-state index in [0.717, 1.165) is 25.1 Å². The fourth-order valence-corrected chi connectivity index (χ4v) is 4.24. The molecule has 2 aliphatic heterocycles. The molecule has 0 saturated carbocycles. The van der Waals surface area contributed by atoms with Gasteiger partial charge in [-0.15, -0.1) is 0 Å². The number of amides is 1. The van der Waals surface area contributed by atoms with Crippen molar-refractivity contribution >= 4 is 50.7 Å². The van der Waals surface area contributed by atoms with E-state index in [1.54, 1.807) is 12.4 Å². The fourth-order valence-electron chi connectivity index (χ4n) is 3.65. The molecule has 1 atom stereocenters. The van der Waals surface area contributed by atoms with Crippen LogP contribution >= 0.6 is 22.6 Å². The average molecular weight is 431 g/mol. The van der Waals surface area contributed by atoms with Crippen molar-refractivity contribution in [2.45, 2.75) is 32.0 Å². The first kappa shape index (κ1) is 16.3. The zero-order valence-electron chi connectivity index (χ0n) is 13.1. The number of aryl methyl sites for hydroxylation is 1. The molecule has 3 heterocycles. The van der Waals surface area contributed by atoms with Crippen LogP contribution in [-0.4, -0.2) is 42.5 Å². The fraction of sp³-hybridized carbons (Fsp3) is 0.312. The molecule has 0 saturated heterocycles. The van der Waals surface area contributed by atoms with E-state index in [0.29, 0.717) is 20.4 Å². The Kier molecular flexibility index (Phi) is 4.06. The van der Waals surface area contributed by atoms with Gasteiger partial charge in [0.25, 0.3) is 0 Å². The van der Waals surface area contributed by atoms with Gasteiger partial charge in [-0.1, -0.05) is 0 Å². The number of nitrogens with zero attached hydrogens (tertiary/aromatic N) is 3. The van der Waals surface area contributed by atoms with Crippen molar-refractivity contribution < 1.29 is 14.0 Å². The second-order valence-corrected chi connectivity index (χ2v) is 7.48. The molecule has 0 radical (unpaired) electrons. The number of rotatable bonds is 3. The van der Waals surface area contributed by atoms with Crippen LogP contribution in [0.2, 0.25) is 0 Å². The van der Waals surface area contributed by atoms with Gasteiger partial charge in [0.15, 0.2) is 0 Å². The van der Waals surface area contributed by atoms with E-state index in [1.807, 2.05) is 27.2 Å². The number of hydrogen-bond donors (Lipinski definition) is 0. The Morgan fingerprint density at radius 1 is 1.42 bits per heavy atom. The van der Waals surface area contributed by atoms with E-state index in [1.165, 1.54) is 28.7 Å². The first-order chi connectivity index (χ1) is 11.5. The number of hydrogen-bond acceptors (Lipinski definition) is 3. The molecule has 4 rings (SSSR count). The maximum absolute atomic E-state index is 14.2. The second-order valence-electron chi connectivity index (χ2n) is 6.23. The Balaban J connectivity index is 1.77. The van der Waals surface area contributed by atoms with Crippen LogP contribution in [0.4, 0.5) is 4.39 Å². The van der Waals surface area contributed by atoms with Crippen LogP contribution < -0.4 is 0 Å². The molecular weight excluding hydrogens is 419 g/mol. The molecule has 8 heteroatoms. The zero-order valence-corrected chi connectivity index (χ0v) is 15.2. The van der Waals surface area contributed by atoms with Crippen molar-refractivity contribution in [1.82, 2.24) is 14.5 Å². The maximum atomic E-state index is 14.2. The SMILES string of the molecule is [Li][C](=O)C(c1ncn2c1CCC2)N1Cc2c(F)cc(I)cc2C1=O. The standard InChI is InChI=1S/C16H12FIN3O2.Li/c17-12-5-9(18)4-10-11(12)6-21(16(10)23)14(7-22)15-13-2-1-3-20(13)8-19-15;/h4-5,8,14H,1-3,6H2;. The van der Waals surface area contributed by atoms with Gasteiger partial charge in [0, 0.05) is 0 Å². The third-order valence-corrected chi connectivity index (χ3v) is 5.35. The molecule has 1 aromatic heterocycles. The summed E-state index contributed by atoms with van der Waals surface area (Å²) < 4.78 is 16.8. The normalized spacial score (nSPS) is 17.2. The van der Waals surface area contributed by atoms with Crippen molar-refractivity contribution in [3.05, 3.63) is 50.4 Å². The molecule has 24 heavy (non-hydrogen) atoms. The van der Waals surface area contributed by atoms with Gasteiger partial charge in [-0.2, -0.15) is 0 Å². The molecule has 5 nitrogen and oxygen atoms in total. The van der Waals surface area contributed by atoms with Crippen LogP contribution in [0.5, 0.6) is 0 Å². The van der Waals surface area contributed by atoms with Crippen LogP contribution in [-0.2, 0) is 24.3 Å². The predicted molar refractivity (Wildman–Crippen MR) is 93.0 cm³/mol. The van der Waals surface area contributed by atoms with E-state index in [9.17, 15) is 14.0 Å². The van der Waals surface area contributed by atoms with Crippen LogP contribution in [0, 0.1) is 9.39 Å². The summed E-state index contributed by atoms with van der Waals surface area (Å²) in [4.78, 5) is 31.0. The summed E-state index contributed by atoms with van der Waals surface area (Å²) >= 11 is 3.45. The van der Waals surface area contributed by atoms with E-state index >= 15 is 0 Å². The number of carbonyl (C=O) groups excluding carboxylic acids is 2. The molecule has 1 aromatic carbocycles. The molecule has 0 spiro atoms. The molecular formula is C16H12FILiN3O2. The average Bonchev–Trinajstić information content (AvgIpc) is 3.18. The molecule has 1 unspecified atom stereocenters. The van der Waals surface area contributed by atoms with Gasteiger partial charge >= 0.3 is 161 Å². The van der Waals surface area contributed by atoms with Crippen molar-refractivity contribution in [3.8, 4) is 0 Å². The third-order valence-electron chi connectivity index (χ3n) is 4.73. The molecule has 1 amide bonds. The van der Waals surface area contributed by atoms with E-state index < -0.39 is 11.9 Å². The van der Waals surface area contributed by atoms with Gasteiger partial charge < -0.3 is 0 Å². The van der Waals surface area contributed by atoms with Crippen molar-refractivity contribution in [1.29, 1.82) is 0 Å². The van der Waals surface area contributed by atoms with Crippen molar-refractivity contribution in [2.24, 2.45) is 0 Å². The Morgan fingerprint density at radius 3 is 2.96 bits per heavy atom. The zero-order chi connectivity index (χ0) is 17.0. The number of fused-ring (bicyclic) bond motifs is 2. The Morgan fingerprint density at radius 2 is 2.21 bits per heavy atom. The number of benzene rings is 1. The van der Waals surface area contributed by atoms with Gasteiger partial charge in [0.1, 0.15) is 0 Å². The first-order valence-electron chi connectivity index (χ1n) is 7.80. The van der Waals surface area contributed by atoms with E-state index in [-0.39, 0.29) is 16.9 Å². The Hall–Kier alpha value is -1.17. The minimum atomic E-state index is -0.753. The number of aromatic nitrogens is 2. The number of halogens is 2. The summed E-state index contributed by atoms with van der Waals surface area (Å²) in [6, 6.07) is 2.33. The van der Waals surface area contributed by atoms with Gasteiger partial charge in [0.2, 0.25) is 0 Å². The monoisotopic (exact) mass is 431 g/mol. The van der Waals surface area contributed by atoms with Crippen molar-refractivity contribution in [3.63, 3.8) is 0 Å². The van der Waals surface area contributed by atoms with Gasteiger partial charge in [-0.05, 0) is 0 Å². The molecule has 0 fully saturated rings. The molecule has 0 aliphatic carbocycles. The van der Waals surface area contributed by atoms with E-state index in [2.05, 4.69) is 4.98 Å². The van der Waals surface area contributed by atoms with Crippen LogP contribution in [0.25, 0.3) is 0 Å². The summed E-state index contributed by atoms with van der Waals surface area (Å²) in [5.74, 6) is -0.701. The summed E-state index contributed by atoms with van der Waals surface area (Å²) in [7, 11) is 0. The Bertz CT molecular complexity index is 882. The summed E-state index contributed by atoms with van der Waals surface area (Å²) in [6.07, 6.45) is 3.58. The van der Waals surface area contributed by atoms with Gasteiger partial charge in [-0.25, -0.2) is 0 Å². The van der Waals surface area contributed by atoms with E-state index in [4.69, 9.17) is 0 Å². The molecule has 2 aromatic rings. The summed E-state index contributed by atoms with van der Waals surface area (Å²) in [6.45, 7) is 0.988. The third kappa shape index (κ3) is 2.45. The molecule has 0 N–H and O–H groups in total. The number of carbonyl (C=O) groups is 2. The molecule has 0 bridgehead atoms. The second kappa shape index (κ2) is 5.97. The Labute approximate surface area is 161 Å². The van der Waals surface area contributed by atoms with Gasteiger partial charge in [0.05, 0.1) is 0 Å². The van der Waals surface area contributed by atoms with Gasteiger partial charge in [-0.3, -0.25) is 0 Å². The molecule has 118 valence electrons. The summed E-state index contributed by atoms with van der Waals surface area (Å²) in [5.41, 5.74) is 2.36. The number of imidazole rings is 1. The van der Waals surface area contributed by atoms with Crippen LogP contribution in [0.3, 0.4) is 0 Å². The molecule has 2 aliphatic rings. The predicted octanol–water partition coefficient (Wildman–Crippen LogP) is 1.97. The summed E-state index contributed by atoms with van der Waals surface area (Å²) in [5, 5.41) is 0. The van der Waals surface area contributed by atoms with Crippen LogP contribution in [0.1, 0.15) is 39.8 Å². The van der Waals surface area contributed by atoms with Crippen LogP contribution in [0.15, 0.2) is 18.5 Å². The quantitative estimate of drug-likeness (QED) is 0.552. The van der Waals surface area contributed by atoms with Crippen molar-refractivity contribution in [2.75, 3.05) is 0 Å². The topological polar surface area (TPSA) is 55.2 Å². The minimum absolute atomic E-state index is 0.105. The first-order valence-corrected chi connectivity index (χ1v) is 8.88.